The first-order valence-corrected chi connectivity index (χ1v) is 9.89. The molecule has 0 aliphatic carbocycles. The standard InChI is InChI=1S/C20H21N3O3S/c1-14-9-10-15(2)19(11-14)21-20(24)18-13-23(27(25,26)22-16(18)3)12-17-7-5-4-6-8-17/h4-11,13H,12H2,1-3H3,(H,21,24). The van der Waals surface area contributed by atoms with E-state index in [0.29, 0.717) is 5.69 Å². The van der Waals surface area contributed by atoms with Gasteiger partial charge in [-0.25, -0.2) is 0 Å². The minimum absolute atomic E-state index is 0.111. The van der Waals surface area contributed by atoms with Gasteiger partial charge in [0, 0.05) is 11.9 Å². The van der Waals surface area contributed by atoms with E-state index in [0.717, 1.165) is 21.0 Å². The van der Waals surface area contributed by atoms with Gasteiger partial charge in [-0.05, 0) is 43.5 Å². The largest absolute Gasteiger partial charge is 0.344 e. The molecule has 1 amide bonds. The van der Waals surface area contributed by atoms with Crippen molar-refractivity contribution in [2.75, 3.05) is 5.32 Å². The highest BCUT2D eigenvalue weighted by molar-refractivity contribution is 7.88. The summed E-state index contributed by atoms with van der Waals surface area (Å²) in [6.45, 7) is 5.47. The maximum Gasteiger partial charge on any atom is 0.344 e. The van der Waals surface area contributed by atoms with E-state index in [1.54, 1.807) is 0 Å². The van der Waals surface area contributed by atoms with E-state index >= 15 is 0 Å². The van der Waals surface area contributed by atoms with Crippen LogP contribution in [-0.4, -0.2) is 24.3 Å². The van der Waals surface area contributed by atoms with Gasteiger partial charge in [-0.1, -0.05) is 42.5 Å². The molecule has 0 aromatic heterocycles. The third kappa shape index (κ3) is 4.25. The molecule has 2 aromatic rings. The monoisotopic (exact) mass is 383 g/mol. The number of rotatable bonds is 4. The second-order valence-corrected chi connectivity index (χ2v) is 8.05. The molecule has 1 heterocycles. The number of nitrogens with zero attached hydrogens (tertiary/aromatic N) is 2. The number of aryl methyl sites for hydroxylation is 2. The molecule has 0 spiro atoms. The SMILES string of the molecule is CC1=NS(=O)(=O)N(Cc2ccccc2)C=C1C(=O)Nc1cc(C)ccc1C. The molecule has 27 heavy (non-hydrogen) atoms. The number of hydrogen-bond acceptors (Lipinski definition) is 3. The van der Waals surface area contributed by atoms with Crippen LogP contribution >= 0.6 is 0 Å². The van der Waals surface area contributed by atoms with Crippen LogP contribution in [0.15, 0.2) is 64.7 Å². The Balaban J connectivity index is 1.89. The molecule has 0 radical (unpaired) electrons. The highest BCUT2D eigenvalue weighted by Crippen LogP contribution is 2.22. The molecular formula is C20H21N3O3S. The smallest absolute Gasteiger partial charge is 0.322 e. The molecule has 0 bridgehead atoms. The van der Waals surface area contributed by atoms with Crippen LogP contribution in [0.3, 0.4) is 0 Å². The number of benzene rings is 2. The first kappa shape index (κ1) is 18.8. The summed E-state index contributed by atoms with van der Waals surface area (Å²) in [5.41, 5.74) is 3.84. The van der Waals surface area contributed by atoms with Gasteiger partial charge in [-0.15, -0.1) is 4.40 Å². The molecule has 7 heteroatoms. The summed E-state index contributed by atoms with van der Waals surface area (Å²) in [6.07, 6.45) is 1.35. The fourth-order valence-electron chi connectivity index (χ4n) is 2.75. The van der Waals surface area contributed by atoms with Crippen molar-refractivity contribution >= 4 is 27.5 Å². The van der Waals surface area contributed by atoms with Crippen LogP contribution in [0.2, 0.25) is 0 Å². The zero-order valence-electron chi connectivity index (χ0n) is 15.4. The molecule has 0 unspecified atom stereocenters. The summed E-state index contributed by atoms with van der Waals surface area (Å²) in [4.78, 5) is 12.8. The zero-order valence-corrected chi connectivity index (χ0v) is 16.2. The quantitative estimate of drug-likeness (QED) is 0.879. The van der Waals surface area contributed by atoms with E-state index in [9.17, 15) is 13.2 Å². The first-order valence-electron chi connectivity index (χ1n) is 8.49. The number of anilines is 1. The van der Waals surface area contributed by atoms with Crippen LogP contribution in [0.1, 0.15) is 23.6 Å². The van der Waals surface area contributed by atoms with Crippen molar-refractivity contribution in [3.05, 3.63) is 77.0 Å². The summed E-state index contributed by atoms with van der Waals surface area (Å²) in [5, 5.41) is 2.85. The van der Waals surface area contributed by atoms with Crippen LogP contribution in [0.25, 0.3) is 0 Å². The average Bonchev–Trinajstić information content (AvgIpc) is 2.61. The summed E-state index contributed by atoms with van der Waals surface area (Å²) >= 11 is 0. The van der Waals surface area contributed by atoms with Crippen LogP contribution in [0, 0.1) is 13.8 Å². The Bertz CT molecular complexity index is 1040. The molecule has 0 saturated carbocycles. The van der Waals surface area contributed by atoms with Crippen molar-refractivity contribution in [1.82, 2.24) is 4.31 Å². The number of carbonyl (C=O) groups is 1. The maximum absolute atomic E-state index is 12.8. The van der Waals surface area contributed by atoms with Gasteiger partial charge < -0.3 is 5.32 Å². The van der Waals surface area contributed by atoms with Crippen molar-refractivity contribution in [2.24, 2.45) is 4.40 Å². The minimum Gasteiger partial charge on any atom is -0.322 e. The molecule has 6 nitrogen and oxygen atoms in total. The van der Waals surface area contributed by atoms with E-state index in [2.05, 4.69) is 9.71 Å². The maximum atomic E-state index is 12.8. The average molecular weight is 383 g/mol. The van der Waals surface area contributed by atoms with E-state index in [-0.39, 0.29) is 17.8 Å². The Labute approximate surface area is 159 Å². The molecule has 2 aromatic carbocycles. The number of carbonyl (C=O) groups excluding carboxylic acids is 1. The van der Waals surface area contributed by atoms with Crippen LogP contribution in [0.5, 0.6) is 0 Å². The topological polar surface area (TPSA) is 78.8 Å². The molecule has 1 N–H and O–H groups in total. The fourth-order valence-corrected chi connectivity index (χ4v) is 3.85. The van der Waals surface area contributed by atoms with Gasteiger partial charge in [0.2, 0.25) is 0 Å². The lowest BCUT2D eigenvalue weighted by Gasteiger charge is -2.24. The van der Waals surface area contributed by atoms with Crippen LogP contribution in [-0.2, 0) is 21.5 Å². The molecule has 1 aliphatic rings. The van der Waals surface area contributed by atoms with Crippen LogP contribution in [0.4, 0.5) is 5.69 Å². The minimum atomic E-state index is -3.86. The third-order valence-electron chi connectivity index (χ3n) is 4.28. The Morgan fingerprint density at radius 3 is 2.48 bits per heavy atom. The number of amides is 1. The summed E-state index contributed by atoms with van der Waals surface area (Å²) < 4.78 is 29.6. The van der Waals surface area contributed by atoms with E-state index in [4.69, 9.17) is 0 Å². The highest BCUT2D eigenvalue weighted by Gasteiger charge is 2.28. The predicted octanol–water partition coefficient (Wildman–Crippen LogP) is 3.35. The Hall–Kier alpha value is -2.93. The van der Waals surface area contributed by atoms with Gasteiger partial charge in [-0.3, -0.25) is 9.10 Å². The number of hydrogen-bond donors (Lipinski definition) is 1. The lowest BCUT2D eigenvalue weighted by atomic mass is 10.1. The van der Waals surface area contributed by atoms with Crippen molar-refractivity contribution in [2.45, 2.75) is 27.3 Å². The molecule has 3 rings (SSSR count). The van der Waals surface area contributed by atoms with E-state index in [1.807, 2.05) is 62.4 Å². The van der Waals surface area contributed by atoms with Crippen molar-refractivity contribution in [1.29, 1.82) is 0 Å². The Morgan fingerprint density at radius 2 is 1.78 bits per heavy atom. The predicted molar refractivity (Wildman–Crippen MR) is 107 cm³/mol. The Morgan fingerprint density at radius 1 is 1.07 bits per heavy atom. The summed E-state index contributed by atoms with van der Waals surface area (Å²) in [6, 6.07) is 14.9. The molecular weight excluding hydrogens is 362 g/mol. The lowest BCUT2D eigenvalue weighted by Crippen LogP contribution is -2.32. The van der Waals surface area contributed by atoms with E-state index in [1.165, 1.54) is 13.1 Å². The van der Waals surface area contributed by atoms with Crippen LogP contribution < -0.4 is 5.32 Å². The van der Waals surface area contributed by atoms with Crippen molar-refractivity contribution in [3.8, 4) is 0 Å². The third-order valence-corrected chi connectivity index (χ3v) is 5.61. The van der Waals surface area contributed by atoms with Gasteiger partial charge >= 0.3 is 10.2 Å². The molecule has 1 aliphatic heterocycles. The van der Waals surface area contributed by atoms with Gasteiger partial charge in [0.15, 0.2) is 0 Å². The van der Waals surface area contributed by atoms with Gasteiger partial charge in [-0.2, -0.15) is 8.42 Å². The number of nitrogens with one attached hydrogen (secondary N) is 1. The molecule has 0 fully saturated rings. The van der Waals surface area contributed by atoms with Gasteiger partial charge in [0.1, 0.15) is 0 Å². The second kappa shape index (κ2) is 7.36. The lowest BCUT2D eigenvalue weighted by molar-refractivity contribution is -0.112. The van der Waals surface area contributed by atoms with Crippen molar-refractivity contribution in [3.63, 3.8) is 0 Å². The highest BCUT2D eigenvalue weighted by atomic mass is 32.2. The van der Waals surface area contributed by atoms with Crippen molar-refractivity contribution < 1.29 is 13.2 Å². The molecule has 0 atom stereocenters. The fraction of sp³-hybridized carbons (Fsp3) is 0.200. The molecule has 140 valence electrons. The normalized spacial score (nSPS) is 15.7. The molecule has 0 saturated heterocycles. The summed E-state index contributed by atoms with van der Waals surface area (Å²) in [7, 11) is -3.86. The second-order valence-electron chi connectivity index (χ2n) is 6.50. The van der Waals surface area contributed by atoms with E-state index < -0.39 is 16.1 Å². The van der Waals surface area contributed by atoms with Gasteiger partial charge in [0.25, 0.3) is 5.91 Å². The summed E-state index contributed by atoms with van der Waals surface area (Å²) in [5.74, 6) is -0.391. The Kier molecular flexibility index (Phi) is 5.14. The zero-order chi connectivity index (χ0) is 19.6. The van der Waals surface area contributed by atoms with Gasteiger partial charge in [0.05, 0.1) is 17.8 Å². The first-order chi connectivity index (χ1) is 12.8.